The second-order valence-electron chi connectivity index (χ2n) is 8.59. The maximum atomic E-state index is 11.3. The van der Waals surface area contributed by atoms with Gasteiger partial charge in [-0.1, -0.05) is 54.3 Å². The topological polar surface area (TPSA) is 119 Å². The Morgan fingerprint density at radius 2 is 1.76 bits per heavy atom. The van der Waals surface area contributed by atoms with E-state index < -0.39 is 26.0 Å². The number of benzene rings is 2. The first-order valence-electron chi connectivity index (χ1n) is 11.8. The van der Waals surface area contributed by atoms with Crippen molar-refractivity contribution in [1.29, 1.82) is 0 Å². The van der Waals surface area contributed by atoms with Crippen LogP contribution in [0.25, 0.3) is 16.3 Å². The van der Waals surface area contributed by atoms with E-state index in [1.54, 1.807) is 23.1 Å². The van der Waals surface area contributed by atoms with E-state index in [1.165, 1.54) is 0 Å². The van der Waals surface area contributed by atoms with Gasteiger partial charge in [-0.3, -0.25) is 4.55 Å². The SMILES string of the molecule is CCC(=Cc1sc2ccccc2[n+]1CCCS(=O)(=O)[O-])C=C1Sc2ccccc2N1CCCS(=O)(=O)O.[Na]. The fourth-order valence-electron chi connectivity index (χ4n) is 4.15. The molecule has 2 aromatic carbocycles. The van der Waals surface area contributed by atoms with Gasteiger partial charge in [0.1, 0.15) is 4.70 Å². The van der Waals surface area contributed by atoms with Crippen LogP contribution in [0, 0.1) is 0 Å². The summed E-state index contributed by atoms with van der Waals surface area (Å²) in [5, 5.41) is 1.92. The zero-order valence-electron chi connectivity index (χ0n) is 21.2. The Bertz CT molecular complexity index is 1570. The van der Waals surface area contributed by atoms with Crippen molar-refractivity contribution >= 4 is 94.9 Å². The number of para-hydroxylation sites is 2. The van der Waals surface area contributed by atoms with Crippen molar-refractivity contribution in [3.05, 3.63) is 70.2 Å². The Kier molecular flexibility index (Phi) is 11.1. The maximum Gasteiger partial charge on any atom is 0.264 e. The molecule has 13 heteroatoms. The molecule has 0 atom stereocenters. The summed E-state index contributed by atoms with van der Waals surface area (Å²) in [4.78, 5) is 3.15. The minimum Gasteiger partial charge on any atom is -0.748 e. The standard InChI is InChI=1S/C25H28N2O6S4.Na/c1-2-19(17-24-26(13-7-15-36(28,29)30)20-9-3-5-11-22(20)34-24)18-25-27(14-8-16-37(31,32)33)21-10-4-6-12-23(21)35-25;/h3-6,9-12,17-18H,2,7-8,13-16H2,1H3,(H-,28,29,30,31,32,33);. The van der Waals surface area contributed by atoms with Crippen molar-refractivity contribution in [2.24, 2.45) is 0 Å². The summed E-state index contributed by atoms with van der Waals surface area (Å²) in [5.41, 5.74) is 3.03. The number of fused-ring (bicyclic) bond motifs is 2. The van der Waals surface area contributed by atoms with Crippen molar-refractivity contribution in [3.63, 3.8) is 0 Å². The fourth-order valence-corrected chi connectivity index (χ4v) is 7.46. The summed E-state index contributed by atoms with van der Waals surface area (Å²) in [7, 11) is -8.32. The van der Waals surface area contributed by atoms with Gasteiger partial charge in [0.25, 0.3) is 15.1 Å². The number of aromatic nitrogens is 1. The van der Waals surface area contributed by atoms with E-state index in [1.807, 2.05) is 48.5 Å². The Morgan fingerprint density at radius 1 is 1.05 bits per heavy atom. The van der Waals surface area contributed by atoms with Crippen LogP contribution in [0.5, 0.6) is 0 Å². The summed E-state index contributed by atoms with van der Waals surface area (Å²) in [6.45, 7) is 2.91. The normalized spacial score (nSPS) is 15.2. The van der Waals surface area contributed by atoms with Crippen molar-refractivity contribution in [2.75, 3.05) is 23.0 Å². The number of anilines is 1. The minimum atomic E-state index is -4.28. The predicted octanol–water partition coefficient (Wildman–Crippen LogP) is 4.27. The first-order chi connectivity index (χ1) is 17.5. The number of hydrogen-bond donors (Lipinski definition) is 1. The number of thioether (sulfide) groups is 1. The number of thiazole rings is 1. The number of hydrogen-bond acceptors (Lipinski definition) is 8. The van der Waals surface area contributed by atoms with Gasteiger partial charge in [-0.05, 0) is 42.7 Å². The van der Waals surface area contributed by atoms with Gasteiger partial charge in [0.2, 0.25) is 5.52 Å². The van der Waals surface area contributed by atoms with Crippen LogP contribution in [0.4, 0.5) is 5.69 Å². The van der Waals surface area contributed by atoms with Gasteiger partial charge in [0.15, 0.2) is 6.54 Å². The van der Waals surface area contributed by atoms with Crippen molar-refractivity contribution < 1.29 is 30.5 Å². The quantitative estimate of drug-likeness (QED) is 0.196. The summed E-state index contributed by atoms with van der Waals surface area (Å²) >= 11 is 3.21. The van der Waals surface area contributed by atoms with Crippen LogP contribution in [-0.4, -0.2) is 73.5 Å². The number of allylic oxidation sites excluding steroid dienone is 2. The molecule has 1 aromatic heterocycles. The number of rotatable bonds is 11. The molecule has 1 radical (unpaired) electrons. The molecule has 0 unspecified atom stereocenters. The second-order valence-corrected chi connectivity index (χ2v) is 13.8. The second kappa shape index (κ2) is 13.4. The Labute approximate surface area is 254 Å². The molecule has 0 saturated heterocycles. The molecule has 199 valence electrons. The molecule has 0 bridgehead atoms. The number of aryl methyl sites for hydroxylation is 1. The zero-order valence-corrected chi connectivity index (χ0v) is 26.5. The van der Waals surface area contributed by atoms with Crippen molar-refractivity contribution in [1.82, 2.24) is 0 Å². The van der Waals surface area contributed by atoms with Crippen molar-refractivity contribution in [2.45, 2.75) is 37.6 Å². The van der Waals surface area contributed by atoms with Crippen LogP contribution in [0.15, 0.2) is 70.1 Å². The Balaban J connectivity index is 0.00000400. The molecule has 4 rings (SSSR count). The van der Waals surface area contributed by atoms with Crippen LogP contribution in [0.3, 0.4) is 0 Å². The average molecular weight is 604 g/mol. The molecule has 0 aliphatic carbocycles. The molecule has 8 nitrogen and oxygen atoms in total. The van der Waals surface area contributed by atoms with Gasteiger partial charge in [-0.15, -0.1) is 0 Å². The van der Waals surface area contributed by atoms with Gasteiger partial charge in [-0.25, -0.2) is 8.42 Å². The summed E-state index contributed by atoms with van der Waals surface area (Å²) < 4.78 is 68.2. The monoisotopic (exact) mass is 603 g/mol. The van der Waals surface area contributed by atoms with Crippen LogP contribution >= 0.6 is 23.1 Å². The molecule has 3 aromatic rings. The molecule has 1 N–H and O–H groups in total. The van der Waals surface area contributed by atoms with E-state index in [0.717, 1.165) is 42.8 Å². The molecule has 0 spiro atoms. The third-order valence-electron chi connectivity index (χ3n) is 5.86. The molecule has 38 heavy (non-hydrogen) atoms. The summed E-state index contributed by atoms with van der Waals surface area (Å²) in [5.74, 6) is -0.716. The molecule has 0 saturated carbocycles. The molecular weight excluding hydrogens is 576 g/mol. The van der Waals surface area contributed by atoms with Crippen LogP contribution in [0.1, 0.15) is 31.2 Å². The Hall–Kier alpha value is -1.22. The minimum absolute atomic E-state index is 0. The smallest absolute Gasteiger partial charge is 0.264 e. The van der Waals surface area contributed by atoms with Crippen molar-refractivity contribution in [3.8, 4) is 0 Å². The van der Waals surface area contributed by atoms with Gasteiger partial charge in [-0.2, -0.15) is 13.0 Å². The first-order valence-corrected chi connectivity index (χ1v) is 16.6. The van der Waals surface area contributed by atoms with Gasteiger partial charge >= 0.3 is 0 Å². The van der Waals surface area contributed by atoms with Gasteiger partial charge in [0.05, 0.1) is 26.6 Å². The van der Waals surface area contributed by atoms with Crippen LogP contribution < -0.4 is 9.47 Å². The van der Waals surface area contributed by atoms with Gasteiger partial charge in [0, 0.05) is 65.3 Å². The maximum absolute atomic E-state index is 11.3. The number of nitrogens with zero attached hydrogens (tertiary/aromatic N) is 2. The Morgan fingerprint density at radius 3 is 2.47 bits per heavy atom. The van der Waals surface area contributed by atoms with E-state index in [4.69, 9.17) is 4.55 Å². The average Bonchev–Trinajstić information content (AvgIpc) is 3.35. The molecule has 2 heterocycles. The first kappa shape index (κ1) is 31.3. The third kappa shape index (κ3) is 8.39. The molecular formula is C25H28N2NaO6S4. The van der Waals surface area contributed by atoms with E-state index in [9.17, 15) is 21.4 Å². The van der Waals surface area contributed by atoms with Crippen LogP contribution in [0.2, 0.25) is 0 Å². The summed E-state index contributed by atoms with van der Waals surface area (Å²) in [6.07, 6.45) is 5.43. The van der Waals surface area contributed by atoms with Crippen LogP contribution in [-0.2, 0) is 26.8 Å². The molecule has 1 aliphatic rings. The third-order valence-corrected chi connectivity index (χ3v) is 9.68. The fraction of sp³-hybridized carbons (Fsp3) is 0.320. The summed E-state index contributed by atoms with van der Waals surface area (Å²) in [6, 6.07) is 15.8. The molecule has 1 aliphatic heterocycles. The zero-order chi connectivity index (χ0) is 26.6. The van der Waals surface area contributed by atoms with E-state index in [0.29, 0.717) is 13.1 Å². The van der Waals surface area contributed by atoms with E-state index >= 15 is 0 Å². The van der Waals surface area contributed by atoms with E-state index in [-0.39, 0.29) is 48.2 Å². The molecule has 0 fully saturated rings. The molecule has 0 amide bonds. The van der Waals surface area contributed by atoms with Gasteiger partial charge < -0.3 is 9.45 Å². The van der Waals surface area contributed by atoms with E-state index in [2.05, 4.69) is 28.5 Å². The predicted molar refractivity (Wildman–Crippen MR) is 154 cm³/mol. The largest absolute Gasteiger partial charge is 0.748 e.